The van der Waals surface area contributed by atoms with Gasteiger partial charge in [0, 0.05) is 5.56 Å². The summed E-state index contributed by atoms with van der Waals surface area (Å²) in [6.07, 6.45) is 0.518. The molecule has 3 nitrogen and oxygen atoms in total. The van der Waals surface area contributed by atoms with Crippen LogP contribution in [0.25, 0.3) is 0 Å². The summed E-state index contributed by atoms with van der Waals surface area (Å²) in [7, 11) is 0. The van der Waals surface area contributed by atoms with E-state index in [9.17, 15) is 4.79 Å². The highest BCUT2D eigenvalue weighted by Gasteiger charge is 2.06. The van der Waals surface area contributed by atoms with Crippen molar-refractivity contribution in [2.45, 2.75) is 6.92 Å². The zero-order valence-electron chi connectivity index (χ0n) is 6.03. The van der Waals surface area contributed by atoms with Gasteiger partial charge in [-0.2, -0.15) is 0 Å². The molecule has 0 aromatic heterocycles. The summed E-state index contributed by atoms with van der Waals surface area (Å²) in [5.74, 6) is -0.0831. The molecule has 0 fully saturated rings. The molecule has 0 radical (unpaired) electrons. The second-order valence-corrected chi connectivity index (χ2v) is 2.26. The van der Waals surface area contributed by atoms with E-state index in [1.807, 2.05) is 0 Å². The van der Waals surface area contributed by atoms with Crippen molar-refractivity contribution >= 4 is 6.29 Å². The first-order valence-electron chi connectivity index (χ1n) is 3.13. The SMILES string of the molecule is Cc1c(O)ccc(O)c1C=O. The molecule has 0 aliphatic heterocycles. The lowest BCUT2D eigenvalue weighted by Gasteiger charge is -2.02. The number of phenols is 2. The number of rotatable bonds is 1. The lowest BCUT2D eigenvalue weighted by atomic mass is 10.1. The van der Waals surface area contributed by atoms with Crippen molar-refractivity contribution in [1.82, 2.24) is 0 Å². The van der Waals surface area contributed by atoms with Gasteiger partial charge in [-0.3, -0.25) is 4.79 Å². The predicted octanol–water partition coefficient (Wildman–Crippen LogP) is 1.22. The van der Waals surface area contributed by atoms with Gasteiger partial charge in [-0.1, -0.05) is 0 Å². The minimum atomic E-state index is -0.102. The normalized spacial score (nSPS) is 9.55. The molecule has 11 heavy (non-hydrogen) atoms. The van der Waals surface area contributed by atoms with Crippen molar-refractivity contribution in [2.24, 2.45) is 0 Å². The van der Waals surface area contributed by atoms with E-state index in [0.29, 0.717) is 11.8 Å². The van der Waals surface area contributed by atoms with Crippen LogP contribution in [0.5, 0.6) is 11.5 Å². The van der Waals surface area contributed by atoms with Crippen molar-refractivity contribution < 1.29 is 15.0 Å². The summed E-state index contributed by atoms with van der Waals surface area (Å²) in [5, 5.41) is 18.2. The maximum atomic E-state index is 10.3. The van der Waals surface area contributed by atoms with E-state index in [0.717, 1.165) is 0 Å². The van der Waals surface area contributed by atoms with Gasteiger partial charge < -0.3 is 10.2 Å². The predicted molar refractivity (Wildman–Crippen MR) is 39.9 cm³/mol. The summed E-state index contributed by atoms with van der Waals surface area (Å²) >= 11 is 0. The van der Waals surface area contributed by atoms with Gasteiger partial charge in [-0.15, -0.1) is 0 Å². The van der Waals surface area contributed by atoms with E-state index in [-0.39, 0.29) is 17.1 Å². The van der Waals surface area contributed by atoms with Crippen LogP contribution in [0.3, 0.4) is 0 Å². The first-order chi connectivity index (χ1) is 5.16. The molecule has 0 saturated carbocycles. The quantitative estimate of drug-likeness (QED) is 0.470. The van der Waals surface area contributed by atoms with Gasteiger partial charge >= 0.3 is 0 Å². The van der Waals surface area contributed by atoms with Crippen LogP contribution in [-0.4, -0.2) is 16.5 Å². The number of phenolic OH excluding ortho intramolecular Hbond substituents is 2. The monoisotopic (exact) mass is 152 g/mol. The number of hydrogen-bond acceptors (Lipinski definition) is 3. The van der Waals surface area contributed by atoms with Crippen LogP contribution in [0, 0.1) is 6.92 Å². The Bertz CT molecular complexity index is 292. The third kappa shape index (κ3) is 1.17. The van der Waals surface area contributed by atoms with E-state index < -0.39 is 0 Å². The van der Waals surface area contributed by atoms with Gasteiger partial charge in [-0.05, 0) is 19.1 Å². The van der Waals surface area contributed by atoms with Crippen LogP contribution in [0.1, 0.15) is 15.9 Å². The summed E-state index contributed by atoms with van der Waals surface area (Å²) < 4.78 is 0. The molecule has 2 N–H and O–H groups in total. The molecule has 0 atom stereocenters. The Morgan fingerprint density at radius 2 is 1.82 bits per heavy atom. The van der Waals surface area contributed by atoms with Gasteiger partial charge in [0.1, 0.15) is 11.5 Å². The zero-order valence-corrected chi connectivity index (χ0v) is 6.03. The fourth-order valence-electron chi connectivity index (χ4n) is 0.851. The van der Waals surface area contributed by atoms with Crippen LogP contribution in [0.15, 0.2) is 12.1 Å². The summed E-state index contributed by atoms with van der Waals surface area (Å²) in [5.41, 5.74) is 0.546. The summed E-state index contributed by atoms with van der Waals surface area (Å²) in [6, 6.07) is 2.63. The molecule has 0 spiro atoms. The van der Waals surface area contributed by atoms with E-state index in [1.54, 1.807) is 6.92 Å². The van der Waals surface area contributed by atoms with Crippen LogP contribution >= 0.6 is 0 Å². The Balaban J connectivity index is 3.40. The molecule has 0 aliphatic carbocycles. The first kappa shape index (κ1) is 7.60. The number of aromatic hydroxyl groups is 2. The van der Waals surface area contributed by atoms with Gasteiger partial charge in [0.15, 0.2) is 6.29 Å². The molecule has 1 rings (SSSR count). The van der Waals surface area contributed by atoms with Gasteiger partial charge in [0.2, 0.25) is 0 Å². The summed E-state index contributed by atoms with van der Waals surface area (Å²) in [6.45, 7) is 1.57. The minimum absolute atomic E-state index is 0.0184. The number of aldehydes is 1. The Hall–Kier alpha value is -1.51. The molecule has 1 aromatic rings. The second kappa shape index (κ2) is 2.62. The minimum Gasteiger partial charge on any atom is -0.508 e. The molecule has 0 unspecified atom stereocenters. The van der Waals surface area contributed by atoms with Crippen LogP contribution in [0.2, 0.25) is 0 Å². The first-order valence-corrected chi connectivity index (χ1v) is 3.13. The Labute approximate surface area is 63.9 Å². The van der Waals surface area contributed by atoms with Crippen molar-refractivity contribution in [3.8, 4) is 11.5 Å². The van der Waals surface area contributed by atoms with Crippen molar-refractivity contribution in [3.05, 3.63) is 23.3 Å². The summed E-state index contributed by atoms with van der Waals surface area (Å²) in [4.78, 5) is 10.3. The smallest absolute Gasteiger partial charge is 0.154 e. The topological polar surface area (TPSA) is 57.5 Å². The third-order valence-corrected chi connectivity index (χ3v) is 1.58. The molecule has 1 aromatic carbocycles. The Kier molecular flexibility index (Phi) is 1.81. The molecule has 0 bridgehead atoms. The highest BCUT2D eigenvalue weighted by molar-refractivity contribution is 5.82. The average Bonchev–Trinajstić information content (AvgIpc) is 1.99. The highest BCUT2D eigenvalue weighted by atomic mass is 16.3. The van der Waals surface area contributed by atoms with Crippen LogP contribution in [-0.2, 0) is 0 Å². The lowest BCUT2D eigenvalue weighted by molar-refractivity contribution is 0.112. The Morgan fingerprint density at radius 3 is 2.27 bits per heavy atom. The standard InChI is InChI=1S/C8H8O3/c1-5-6(4-9)8(11)3-2-7(5)10/h2-4,10-11H,1H3. The molecule has 0 heterocycles. The molecular weight excluding hydrogens is 144 g/mol. The third-order valence-electron chi connectivity index (χ3n) is 1.58. The van der Waals surface area contributed by atoms with Crippen LogP contribution in [0.4, 0.5) is 0 Å². The van der Waals surface area contributed by atoms with Crippen molar-refractivity contribution in [3.63, 3.8) is 0 Å². The largest absolute Gasteiger partial charge is 0.508 e. The van der Waals surface area contributed by atoms with Crippen molar-refractivity contribution in [1.29, 1.82) is 0 Å². The molecular formula is C8H8O3. The molecule has 0 saturated heterocycles. The van der Waals surface area contributed by atoms with E-state index in [1.165, 1.54) is 12.1 Å². The zero-order chi connectivity index (χ0) is 8.43. The van der Waals surface area contributed by atoms with Crippen molar-refractivity contribution in [2.75, 3.05) is 0 Å². The number of hydrogen-bond donors (Lipinski definition) is 2. The molecule has 0 amide bonds. The number of benzene rings is 1. The molecule has 58 valence electrons. The van der Waals surface area contributed by atoms with Crippen LogP contribution < -0.4 is 0 Å². The fourth-order valence-corrected chi connectivity index (χ4v) is 0.851. The van der Waals surface area contributed by atoms with E-state index >= 15 is 0 Å². The fraction of sp³-hybridized carbons (Fsp3) is 0.125. The van der Waals surface area contributed by atoms with E-state index in [4.69, 9.17) is 10.2 Å². The average molecular weight is 152 g/mol. The molecule has 0 aliphatic rings. The number of carbonyl (C=O) groups is 1. The van der Waals surface area contributed by atoms with E-state index in [2.05, 4.69) is 0 Å². The lowest BCUT2D eigenvalue weighted by Crippen LogP contribution is -1.86. The van der Waals surface area contributed by atoms with Gasteiger partial charge in [0.25, 0.3) is 0 Å². The number of carbonyl (C=O) groups excluding carboxylic acids is 1. The highest BCUT2D eigenvalue weighted by Crippen LogP contribution is 2.25. The molecule has 3 heteroatoms. The second-order valence-electron chi connectivity index (χ2n) is 2.26. The Morgan fingerprint density at radius 1 is 1.27 bits per heavy atom. The maximum absolute atomic E-state index is 10.3. The van der Waals surface area contributed by atoms with Gasteiger partial charge in [-0.25, -0.2) is 0 Å². The van der Waals surface area contributed by atoms with Gasteiger partial charge in [0.05, 0.1) is 5.56 Å². The maximum Gasteiger partial charge on any atom is 0.154 e.